The second-order valence-corrected chi connectivity index (χ2v) is 11.0. The fourth-order valence-electron chi connectivity index (χ4n) is 6.22. The minimum atomic E-state index is -0.229. The maximum absolute atomic E-state index is 12.8. The van der Waals surface area contributed by atoms with Crippen LogP contribution < -0.4 is 10.1 Å². The Kier molecular flexibility index (Phi) is 8.91. The van der Waals surface area contributed by atoms with Crippen LogP contribution in [0.5, 0.6) is 5.75 Å². The second-order valence-electron chi connectivity index (χ2n) is 11.0. The first-order valence-electron chi connectivity index (χ1n) is 14.8. The van der Waals surface area contributed by atoms with Gasteiger partial charge in [-0.25, -0.2) is 4.79 Å². The normalized spacial score (nSPS) is 12.6. The number of aryl methyl sites for hydroxylation is 5. The van der Waals surface area contributed by atoms with Gasteiger partial charge in [0.15, 0.2) is 0 Å². The van der Waals surface area contributed by atoms with Gasteiger partial charge in [-0.3, -0.25) is 0 Å². The summed E-state index contributed by atoms with van der Waals surface area (Å²) in [6.45, 7) is 9.49. The van der Waals surface area contributed by atoms with Crippen LogP contribution in [-0.4, -0.2) is 37.3 Å². The number of nitrogens with one attached hydrogen (secondary N) is 1. The molecule has 0 atom stereocenters. The molecule has 4 aromatic rings. The van der Waals surface area contributed by atoms with E-state index in [1.807, 2.05) is 19.1 Å². The highest BCUT2D eigenvalue weighted by atomic mass is 16.5. The van der Waals surface area contributed by atoms with E-state index < -0.39 is 0 Å². The van der Waals surface area contributed by atoms with Crippen molar-refractivity contribution in [2.24, 2.45) is 0 Å². The summed E-state index contributed by atoms with van der Waals surface area (Å²) in [4.78, 5) is 12.8. The van der Waals surface area contributed by atoms with Crippen molar-refractivity contribution in [1.29, 1.82) is 0 Å². The van der Waals surface area contributed by atoms with Gasteiger partial charge < -0.3 is 19.4 Å². The van der Waals surface area contributed by atoms with E-state index in [0.717, 1.165) is 63.9 Å². The molecule has 1 N–H and O–H groups in total. The molecule has 0 bridgehead atoms. The Morgan fingerprint density at radius 2 is 1.73 bits per heavy atom. The molecular formula is C35H42N2O3. The molecule has 0 saturated carbocycles. The van der Waals surface area contributed by atoms with E-state index in [1.165, 1.54) is 50.0 Å². The summed E-state index contributed by atoms with van der Waals surface area (Å²) in [5, 5.41) is 4.90. The lowest BCUT2D eigenvalue weighted by atomic mass is 9.97. The Balaban J connectivity index is 1.36. The molecule has 40 heavy (non-hydrogen) atoms. The Morgan fingerprint density at radius 1 is 0.950 bits per heavy atom. The zero-order chi connectivity index (χ0) is 28.1. The van der Waals surface area contributed by atoms with Gasteiger partial charge in [0.2, 0.25) is 0 Å². The van der Waals surface area contributed by atoms with Gasteiger partial charge in [0.1, 0.15) is 5.75 Å². The summed E-state index contributed by atoms with van der Waals surface area (Å²) in [7, 11) is 1.70. The molecule has 0 saturated heterocycles. The van der Waals surface area contributed by atoms with Gasteiger partial charge in [0.25, 0.3) is 0 Å². The van der Waals surface area contributed by atoms with Crippen molar-refractivity contribution in [2.75, 3.05) is 26.8 Å². The SMILES string of the molecule is CCOC(=O)c1cc2c3c(c1)c(CCNCCCCc1ccc(OC)cc1)c(-c1cc(C)cc(C)c1)n3CCC2. The van der Waals surface area contributed by atoms with Crippen LogP contribution in [0.1, 0.15) is 64.4 Å². The molecule has 0 unspecified atom stereocenters. The minimum absolute atomic E-state index is 0.229. The monoisotopic (exact) mass is 538 g/mol. The molecule has 3 aromatic carbocycles. The third-order valence-electron chi connectivity index (χ3n) is 7.95. The fourth-order valence-corrected chi connectivity index (χ4v) is 6.22. The van der Waals surface area contributed by atoms with Crippen LogP contribution in [0.25, 0.3) is 22.2 Å². The van der Waals surface area contributed by atoms with Gasteiger partial charge in [-0.05, 0) is 131 Å². The summed E-state index contributed by atoms with van der Waals surface area (Å²) < 4.78 is 13.2. The van der Waals surface area contributed by atoms with Crippen LogP contribution in [0.2, 0.25) is 0 Å². The van der Waals surface area contributed by atoms with E-state index in [9.17, 15) is 4.79 Å². The number of esters is 1. The lowest BCUT2D eigenvalue weighted by molar-refractivity contribution is 0.0526. The molecule has 5 heteroatoms. The van der Waals surface area contributed by atoms with E-state index in [2.05, 4.69) is 66.2 Å². The van der Waals surface area contributed by atoms with Crippen molar-refractivity contribution in [1.82, 2.24) is 9.88 Å². The first-order chi connectivity index (χ1) is 19.5. The Morgan fingerprint density at radius 3 is 2.45 bits per heavy atom. The van der Waals surface area contributed by atoms with Gasteiger partial charge >= 0.3 is 5.97 Å². The number of rotatable bonds is 12. The highest BCUT2D eigenvalue weighted by molar-refractivity contribution is 6.00. The predicted octanol–water partition coefficient (Wildman–Crippen LogP) is 7.21. The molecule has 0 fully saturated rings. The summed E-state index contributed by atoms with van der Waals surface area (Å²) in [5.74, 6) is 0.677. The summed E-state index contributed by atoms with van der Waals surface area (Å²) in [6.07, 6.45) is 6.34. The van der Waals surface area contributed by atoms with Crippen LogP contribution in [0.4, 0.5) is 0 Å². The van der Waals surface area contributed by atoms with Crippen LogP contribution in [0.15, 0.2) is 54.6 Å². The molecule has 1 aliphatic heterocycles. The topological polar surface area (TPSA) is 52.5 Å². The van der Waals surface area contributed by atoms with Crippen LogP contribution in [0.3, 0.4) is 0 Å². The highest BCUT2D eigenvalue weighted by Crippen LogP contribution is 2.40. The first kappa shape index (κ1) is 28.0. The van der Waals surface area contributed by atoms with Gasteiger partial charge in [-0.1, -0.05) is 29.3 Å². The molecule has 0 amide bonds. The number of carbonyl (C=O) groups excluding carboxylic acids is 1. The van der Waals surface area contributed by atoms with Crippen molar-refractivity contribution in [3.63, 3.8) is 0 Å². The van der Waals surface area contributed by atoms with Crippen LogP contribution >= 0.6 is 0 Å². The van der Waals surface area contributed by atoms with Crippen molar-refractivity contribution in [3.8, 4) is 17.0 Å². The average molecular weight is 539 g/mol. The third kappa shape index (κ3) is 6.10. The number of nitrogens with zero attached hydrogens (tertiary/aromatic N) is 1. The Labute approximate surface area is 238 Å². The quantitative estimate of drug-likeness (QED) is 0.153. The molecule has 5 nitrogen and oxygen atoms in total. The number of carbonyl (C=O) groups is 1. The zero-order valence-electron chi connectivity index (χ0n) is 24.4. The maximum Gasteiger partial charge on any atom is 0.338 e. The Bertz CT molecular complexity index is 1460. The third-order valence-corrected chi connectivity index (χ3v) is 7.95. The lowest BCUT2D eigenvalue weighted by Gasteiger charge is -2.19. The number of methoxy groups -OCH3 is 1. The predicted molar refractivity (Wildman–Crippen MR) is 164 cm³/mol. The average Bonchev–Trinajstić information content (AvgIpc) is 3.27. The molecule has 210 valence electrons. The summed E-state index contributed by atoms with van der Waals surface area (Å²) in [6, 6.07) is 19.4. The zero-order valence-corrected chi connectivity index (χ0v) is 24.4. The maximum atomic E-state index is 12.8. The van der Waals surface area contributed by atoms with Crippen molar-refractivity contribution < 1.29 is 14.3 Å². The second kappa shape index (κ2) is 12.7. The Hall–Kier alpha value is -3.57. The minimum Gasteiger partial charge on any atom is -0.497 e. The number of unbranched alkanes of at least 4 members (excludes halogenated alkanes) is 1. The summed E-state index contributed by atoms with van der Waals surface area (Å²) >= 11 is 0. The number of benzene rings is 3. The lowest BCUT2D eigenvalue weighted by Crippen LogP contribution is -2.19. The van der Waals surface area contributed by atoms with Gasteiger partial charge in [0.05, 0.1) is 30.5 Å². The number of hydrogen-bond acceptors (Lipinski definition) is 4. The van der Waals surface area contributed by atoms with Crippen molar-refractivity contribution in [3.05, 3.63) is 88.0 Å². The molecule has 0 aliphatic carbocycles. The van der Waals surface area contributed by atoms with Gasteiger partial charge in [-0.2, -0.15) is 0 Å². The molecular weight excluding hydrogens is 496 g/mol. The van der Waals surface area contributed by atoms with Crippen molar-refractivity contribution in [2.45, 2.75) is 65.8 Å². The molecule has 5 rings (SSSR count). The van der Waals surface area contributed by atoms with Gasteiger partial charge in [-0.15, -0.1) is 0 Å². The van der Waals surface area contributed by atoms with E-state index >= 15 is 0 Å². The van der Waals surface area contributed by atoms with Crippen molar-refractivity contribution >= 4 is 16.9 Å². The van der Waals surface area contributed by atoms with Gasteiger partial charge in [0, 0.05) is 11.9 Å². The standard InChI is InChI=1S/C35H42N2O3/c1-5-40-35(38)29-22-27-10-8-18-37-33(27)32(23-29)31(34(37)28-20-24(2)19-25(3)21-28)15-17-36-16-7-6-9-26-11-13-30(39-4)14-12-26/h11-14,19-23,36H,5-10,15-18H2,1-4H3. The molecule has 1 aliphatic rings. The van der Waals surface area contributed by atoms with E-state index in [4.69, 9.17) is 9.47 Å². The number of ether oxygens (including phenoxy) is 2. The molecule has 0 radical (unpaired) electrons. The van der Waals surface area contributed by atoms with E-state index in [-0.39, 0.29) is 5.97 Å². The highest BCUT2D eigenvalue weighted by Gasteiger charge is 2.25. The largest absolute Gasteiger partial charge is 0.497 e. The molecule has 2 heterocycles. The smallest absolute Gasteiger partial charge is 0.338 e. The van der Waals surface area contributed by atoms with E-state index in [1.54, 1.807) is 7.11 Å². The first-order valence-corrected chi connectivity index (χ1v) is 14.8. The number of hydrogen-bond donors (Lipinski definition) is 1. The molecule has 1 aromatic heterocycles. The summed E-state index contributed by atoms with van der Waals surface area (Å²) in [5.41, 5.74) is 11.0. The fraction of sp³-hybridized carbons (Fsp3) is 0.400. The van der Waals surface area contributed by atoms with E-state index in [0.29, 0.717) is 12.2 Å². The van der Waals surface area contributed by atoms with Crippen LogP contribution in [0, 0.1) is 13.8 Å². The molecule has 0 spiro atoms. The number of aromatic nitrogens is 1. The van der Waals surface area contributed by atoms with Crippen LogP contribution in [-0.2, 0) is 30.5 Å².